The zero-order chi connectivity index (χ0) is 26.9. The lowest BCUT2D eigenvalue weighted by Crippen LogP contribution is -2.51. The lowest BCUT2D eigenvalue weighted by Gasteiger charge is -2.31. The van der Waals surface area contributed by atoms with Gasteiger partial charge < -0.3 is 16.0 Å². The SMILES string of the molecule is Cc1ccc(C2C(C(=O)c3ccc([N+](=O)[O-])cc3)C(c3cccs3)C(C(N)=O)N2C(=O)NC(C)C)cc1. The molecule has 0 aliphatic carbocycles. The van der Waals surface area contributed by atoms with Crippen molar-refractivity contribution in [2.45, 2.75) is 44.8 Å². The number of likely N-dealkylation sites (tertiary alicyclic amines) is 1. The van der Waals surface area contributed by atoms with Crippen LogP contribution in [0, 0.1) is 23.0 Å². The van der Waals surface area contributed by atoms with Crippen LogP contribution in [0.25, 0.3) is 0 Å². The predicted octanol–water partition coefficient (Wildman–Crippen LogP) is 4.58. The maximum atomic E-state index is 14.2. The summed E-state index contributed by atoms with van der Waals surface area (Å²) in [5.74, 6) is -2.61. The van der Waals surface area contributed by atoms with Gasteiger partial charge in [-0.3, -0.25) is 19.7 Å². The Balaban J connectivity index is 1.93. The van der Waals surface area contributed by atoms with Gasteiger partial charge in [0.25, 0.3) is 5.69 Å². The van der Waals surface area contributed by atoms with Crippen LogP contribution in [0.2, 0.25) is 0 Å². The minimum Gasteiger partial charge on any atom is -0.368 e. The zero-order valence-electron chi connectivity index (χ0n) is 20.7. The minimum atomic E-state index is -1.09. The third-order valence-corrected chi connectivity index (χ3v) is 7.53. The topological polar surface area (TPSA) is 136 Å². The summed E-state index contributed by atoms with van der Waals surface area (Å²) in [5, 5.41) is 15.9. The van der Waals surface area contributed by atoms with Crippen molar-refractivity contribution < 1.29 is 19.3 Å². The summed E-state index contributed by atoms with van der Waals surface area (Å²) in [6, 6.07) is 13.9. The van der Waals surface area contributed by atoms with Crippen LogP contribution in [0.1, 0.15) is 52.2 Å². The highest BCUT2D eigenvalue weighted by molar-refractivity contribution is 7.10. The highest BCUT2D eigenvalue weighted by Gasteiger charge is 2.57. The number of primary amides is 1. The molecule has 1 saturated heterocycles. The molecule has 4 rings (SSSR count). The van der Waals surface area contributed by atoms with Crippen molar-refractivity contribution in [2.75, 3.05) is 0 Å². The zero-order valence-corrected chi connectivity index (χ0v) is 21.5. The van der Waals surface area contributed by atoms with Crippen LogP contribution in [0.5, 0.6) is 0 Å². The molecule has 3 N–H and O–H groups in total. The molecule has 0 radical (unpaired) electrons. The molecule has 2 heterocycles. The molecule has 37 heavy (non-hydrogen) atoms. The van der Waals surface area contributed by atoms with E-state index in [0.29, 0.717) is 5.56 Å². The van der Waals surface area contributed by atoms with Gasteiger partial charge in [0, 0.05) is 34.5 Å². The Morgan fingerprint density at radius 2 is 1.70 bits per heavy atom. The summed E-state index contributed by atoms with van der Waals surface area (Å²) in [7, 11) is 0. The van der Waals surface area contributed by atoms with Gasteiger partial charge in [0.15, 0.2) is 5.78 Å². The second-order valence-corrected chi connectivity index (χ2v) is 10.4. The van der Waals surface area contributed by atoms with E-state index >= 15 is 0 Å². The van der Waals surface area contributed by atoms with Crippen molar-refractivity contribution in [3.63, 3.8) is 0 Å². The molecule has 192 valence electrons. The minimum absolute atomic E-state index is 0.138. The first-order valence-corrected chi connectivity index (χ1v) is 12.7. The number of carbonyl (C=O) groups excluding carboxylic acids is 3. The predicted molar refractivity (Wildman–Crippen MR) is 140 cm³/mol. The summed E-state index contributed by atoms with van der Waals surface area (Å²) in [5.41, 5.74) is 7.73. The number of nitro benzene ring substituents is 1. The number of thiophene rings is 1. The van der Waals surface area contributed by atoms with Crippen LogP contribution in [0.3, 0.4) is 0 Å². The number of rotatable bonds is 7. The van der Waals surface area contributed by atoms with Crippen LogP contribution in [0.4, 0.5) is 10.5 Å². The van der Waals surface area contributed by atoms with E-state index in [9.17, 15) is 24.5 Å². The lowest BCUT2D eigenvalue weighted by molar-refractivity contribution is -0.384. The van der Waals surface area contributed by atoms with Crippen molar-refractivity contribution >= 4 is 34.7 Å². The second-order valence-electron chi connectivity index (χ2n) is 9.45. The molecule has 1 fully saturated rings. The third kappa shape index (κ3) is 5.10. The first kappa shape index (κ1) is 26.0. The number of hydrogen-bond acceptors (Lipinski definition) is 6. The second kappa shape index (κ2) is 10.5. The van der Waals surface area contributed by atoms with E-state index in [2.05, 4.69) is 5.32 Å². The van der Waals surface area contributed by atoms with E-state index in [0.717, 1.165) is 10.4 Å². The number of nitrogens with two attached hydrogens (primary N) is 1. The van der Waals surface area contributed by atoms with Gasteiger partial charge in [-0.2, -0.15) is 0 Å². The number of amides is 3. The maximum absolute atomic E-state index is 14.2. The fourth-order valence-electron chi connectivity index (χ4n) is 4.99. The normalized spacial score (nSPS) is 21.1. The molecule has 0 bridgehead atoms. The number of nitrogens with one attached hydrogen (secondary N) is 1. The van der Waals surface area contributed by atoms with Crippen molar-refractivity contribution in [1.82, 2.24) is 10.2 Å². The average Bonchev–Trinajstić information content (AvgIpc) is 3.50. The number of aryl methyl sites for hydroxylation is 1. The van der Waals surface area contributed by atoms with Crippen LogP contribution < -0.4 is 11.1 Å². The highest BCUT2D eigenvalue weighted by Crippen LogP contribution is 2.52. The Hall–Kier alpha value is -4.05. The van der Waals surface area contributed by atoms with E-state index in [-0.39, 0.29) is 23.1 Å². The van der Waals surface area contributed by atoms with Gasteiger partial charge in [-0.1, -0.05) is 35.9 Å². The van der Waals surface area contributed by atoms with Crippen LogP contribution in [-0.2, 0) is 4.79 Å². The molecule has 1 aliphatic heterocycles. The van der Waals surface area contributed by atoms with Gasteiger partial charge in [0.05, 0.1) is 16.9 Å². The summed E-state index contributed by atoms with van der Waals surface area (Å²) in [6.07, 6.45) is 0. The molecule has 1 aliphatic rings. The number of non-ortho nitro benzene ring substituents is 1. The number of ketones is 1. The Morgan fingerprint density at radius 1 is 1.05 bits per heavy atom. The molecule has 10 heteroatoms. The summed E-state index contributed by atoms with van der Waals surface area (Å²) >= 11 is 1.38. The van der Waals surface area contributed by atoms with Gasteiger partial charge in [-0.05, 0) is 49.9 Å². The Morgan fingerprint density at radius 3 is 2.22 bits per heavy atom. The molecule has 9 nitrogen and oxygen atoms in total. The molecular weight excluding hydrogens is 492 g/mol. The number of Topliss-reactive ketones (excluding diaryl/α,β-unsaturated/α-hetero) is 1. The molecular formula is C27H28N4O5S. The molecule has 0 spiro atoms. The van der Waals surface area contributed by atoms with Gasteiger partial charge in [-0.15, -0.1) is 11.3 Å². The average molecular weight is 521 g/mol. The number of carbonyl (C=O) groups is 3. The Kier molecular flexibility index (Phi) is 7.40. The number of benzene rings is 2. The number of urea groups is 1. The van der Waals surface area contributed by atoms with E-state index in [1.165, 1.54) is 40.5 Å². The Bertz CT molecular complexity index is 1310. The fourth-order valence-corrected chi connectivity index (χ4v) is 5.90. The molecule has 0 saturated carbocycles. The van der Waals surface area contributed by atoms with Gasteiger partial charge >= 0.3 is 6.03 Å². The quantitative estimate of drug-likeness (QED) is 0.267. The maximum Gasteiger partial charge on any atom is 0.318 e. The van der Waals surface area contributed by atoms with Crippen molar-refractivity contribution in [3.8, 4) is 0 Å². The van der Waals surface area contributed by atoms with Crippen LogP contribution in [-0.4, -0.2) is 39.6 Å². The van der Waals surface area contributed by atoms with Gasteiger partial charge in [0.1, 0.15) is 6.04 Å². The molecule has 1 aromatic heterocycles. The molecule has 4 atom stereocenters. The lowest BCUT2D eigenvalue weighted by atomic mass is 9.78. The van der Waals surface area contributed by atoms with E-state index < -0.39 is 40.8 Å². The molecule has 3 aromatic rings. The van der Waals surface area contributed by atoms with Gasteiger partial charge in [-0.25, -0.2) is 4.79 Å². The molecule has 2 aromatic carbocycles. The first-order valence-electron chi connectivity index (χ1n) is 11.9. The largest absolute Gasteiger partial charge is 0.368 e. The summed E-state index contributed by atoms with van der Waals surface area (Å²) in [6.45, 7) is 5.55. The standard InChI is InChI=1S/C27H28N4O5S/c1-15(2)29-27(34)30-23(17-8-6-16(3)7-9-17)22(21(24(30)26(28)33)20-5-4-14-37-20)25(32)18-10-12-19(13-11-18)31(35)36/h4-15,21-24H,1-3H3,(H2,28,33)(H,29,34). The van der Waals surface area contributed by atoms with Crippen LogP contribution >= 0.6 is 11.3 Å². The van der Waals surface area contributed by atoms with E-state index in [4.69, 9.17) is 5.73 Å². The fraction of sp³-hybridized carbons (Fsp3) is 0.296. The molecule has 3 amide bonds. The van der Waals surface area contributed by atoms with E-state index in [1.807, 2.05) is 62.5 Å². The van der Waals surface area contributed by atoms with Crippen molar-refractivity contribution in [2.24, 2.45) is 11.7 Å². The monoisotopic (exact) mass is 520 g/mol. The summed E-state index contributed by atoms with van der Waals surface area (Å²) in [4.78, 5) is 53.5. The van der Waals surface area contributed by atoms with Gasteiger partial charge in [0.2, 0.25) is 5.91 Å². The first-order chi connectivity index (χ1) is 17.6. The van der Waals surface area contributed by atoms with Crippen molar-refractivity contribution in [1.29, 1.82) is 0 Å². The third-order valence-electron chi connectivity index (χ3n) is 6.56. The summed E-state index contributed by atoms with van der Waals surface area (Å²) < 4.78 is 0. The number of nitrogens with zero attached hydrogens (tertiary/aromatic N) is 2. The number of nitro groups is 1. The highest BCUT2D eigenvalue weighted by atomic mass is 32.1. The number of hydrogen-bond donors (Lipinski definition) is 2. The molecule has 4 unspecified atom stereocenters. The van der Waals surface area contributed by atoms with Crippen LogP contribution in [0.15, 0.2) is 66.0 Å². The smallest absolute Gasteiger partial charge is 0.318 e. The van der Waals surface area contributed by atoms with E-state index in [1.54, 1.807) is 0 Å². The van der Waals surface area contributed by atoms with Crippen molar-refractivity contribution in [3.05, 3.63) is 97.7 Å². The Labute approximate surface area is 218 Å².